The Bertz CT molecular complexity index is 766. The molecule has 0 radical (unpaired) electrons. The Balaban J connectivity index is 1.85. The van der Waals surface area contributed by atoms with Gasteiger partial charge in [-0.15, -0.1) is 5.10 Å². The Morgan fingerprint density at radius 1 is 1.48 bits per heavy atom. The summed E-state index contributed by atoms with van der Waals surface area (Å²) in [5.41, 5.74) is 1.25. The fraction of sp³-hybridized carbons (Fsp3) is 0.400. The minimum absolute atomic E-state index is 0.0363. The van der Waals surface area contributed by atoms with Crippen molar-refractivity contribution in [3.63, 3.8) is 0 Å². The van der Waals surface area contributed by atoms with Crippen LogP contribution in [0, 0.1) is 23.0 Å². The highest BCUT2D eigenvalue weighted by Gasteiger charge is 2.30. The molecule has 23 heavy (non-hydrogen) atoms. The zero-order valence-electron chi connectivity index (χ0n) is 12.9. The number of hydrogen-bond donors (Lipinski definition) is 1. The van der Waals surface area contributed by atoms with E-state index in [0.29, 0.717) is 17.3 Å². The molecular weight excluding hydrogens is 298 g/mol. The first-order valence-corrected chi connectivity index (χ1v) is 7.45. The Morgan fingerprint density at radius 2 is 2.22 bits per heavy atom. The molecule has 0 saturated heterocycles. The highest BCUT2D eigenvalue weighted by atomic mass is 16.6. The van der Waals surface area contributed by atoms with Crippen LogP contribution in [0.3, 0.4) is 0 Å². The van der Waals surface area contributed by atoms with Crippen LogP contribution in [0.5, 0.6) is 0 Å². The molecule has 1 atom stereocenters. The lowest BCUT2D eigenvalue weighted by Crippen LogP contribution is -2.34. The van der Waals surface area contributed by atoms with Crippen molar-refractivity contribution in [1.82, 2.24) is 20.3 Å². The zero-order chi connectivity index (χ0) is 16.6. The normalized spacial score (nSPS) is 15.2. The second-order valence-electron chi connectivity index (χ2n) is 5.81. The van der Waals surface area contributed by atoms with Gasteiger partial charge < -0.3 is 5.32 Å². The summed E-state index contributed by atoms with van der Waals surface area (Å²) in [7, 11) is 0. The van der Waals surface area contributed by atoms with Gasteiger partial charge in [0.2, 0.25) is 0 Å². The van der Waals surface area contributed by atoms with Crippen molar-refractivity contribution in [2.24, 2.45) is 5.92 Å². The Kier molecular flexibility index (Phi) is 3.81. The van der Waals surface area contributed by atoms with E-state index in [1.807, 2.05) is 6.92 Å². The number of rotatable bonds is 5. The summed E-state index contributed by atoms with van der Waals surface area (Å²) in [6, 6.07) is 6.17. The summed E-state index contributed by atoms with van der Waals surface area (Å²) in [5.74, 6) is 0.282. The van der Waals surface area contributed by atoms with E-state index in [0.717, 1.165) is 12.8 Å². The minimum atomic E-state index is -0.472. The maximum absolute atomic E-state index is 12.3. The number of nitro benzene ring substituents is 1. The number of non-ortho nitro benzene ring substituents is 1. The molecule has 1 aromatic heterocycles. The van der Waals surface area contributed by atoms with E-state index in [9.17, 15) is 14.9 Å². The van der Waals surface area contributed by atoms with Crippen molar-refractivity contribution in [2.45, 2.75) is 32.7 Å². The zero-order valence-corrected chi connectivity index (χ0v) is 12.9. The van der Waals surface area contributed by atoms with Gasteiger partial charge in [0, 0.05) is 18.2 Å². The van der Waals surface area contributed by atoms with Crippen molar-refractivity contribution in [1.29, 1.82) is 0 Å². The van der Waals surface area contributed by atoms with Crippen LogP contribution in [0.25, 0.3) is 5.69 Å². The number of carbonyl (C=O) groups excluding carboxylic acids is 1. The number of amides is 1. The van der Waals surface area contributed by atoms with Crippen LogP contribution >= 0.6 is 0 Å². The number of nitro groups is 1. The van der Waals surface area contributed by atoms with Crippen molar-refractivity contribution in [3.8, 4) is 5.69 Å². The molecular formula is C15H17N5O3. The van der Waals surface area contributed by atoms with Crippen LogP contribution in [0.4, 0.5) is 5.69 Å². The molecule has 1 N–H and O–H groups in total. The third kappa shape index (κ3) is 3.05. The molecule has 1 aliphatic rings. The second kappa shape index (κ2) is 5.79. The van der Waals surface area contributed by atoms with Crippen LogP contribution in [0.15, 0.2) is 24.3 Å². The predicted octanol–water partition coefficient (Wildman–Crippen LogP) is 2.01. The number of carbonyl (C=O) groups is 1. The maximum Gasteiger partial charge on any atom is 0.273 e. The minimum Gasteiger partial charge on any atom is -0.348 e. The van der Waals surface area contributed by atoms with E-state index in [-0.39, 0.29) is 23.3 Å². The van der Waals surface area contributed by atoms with E-state index in [1.54, 1.807) is 19.1 Å². The highest BCUT2D eigenvalue weighted by molar-refractivity contribution is 5.93. The molecule has 0 aliphatic heterocycles. The lowest BCUT2D eigenvalue weighted by atomic mass is 10.2. The fourth-order valence-electron chi connectivity index (χ4n) is 2.51. The fourth-order valence-corrected chi connectivity index (χ4v) is 2.51. The maximum atomic E-state index is 12.3. The summed E-state index contributed by atoms with van der Waals surface area (Å²) in [4.78, 5) is 22.7. The monoisotopic (exact) mass is 315 g/mol. The standard InChI is InChI=1S/C15H17N5O3/c1-9(11-6-7-11)16-15(21)14-10(2)19(18-17-14)12-4-3-5-13(8-12)20(22)23/h3-5,8-9,11H,6-7H2,1-2H3,(H,16,21). The largest absolute Gasteiger partial charge is 0.348 e. The second-order valence-corrected chi connectivity index (χ2v) is 5.81. The van der Waals surface area contributed by atoms with Crippen molar-refractivity contribution >= 4 is 11.6 Å². The molecule has 0 spiro atoms. The van der Waals surface area contributed by atoms with E-state index >= 15 is 0 Å². The molecule has 2 aromatic rings. The molecule has 0 bridgehead atoms. The topological polar surface area (TPSA) is 103 Å². The first-order valence-electron chi connectivity index (χ1n) is 7.45. The van der Waals surface area contributed by atoms with Gasteiger partial charge >= 0.3 is 0 Å². The number of nitrogens with zero attached hydrogens (tertiary/aromatic N) is 4. The van der Waals surface area contributed by atoms with Crippen LogP contribution in [-0.4, -0.2) is 31.9 Å². The van der Waals surface area contributed by atoms with Gasteiger partial charge in [0.05, 0.1) is 16.3 Å². The van der Waals surface area contributed by atoms with Gasteiger partial charge in [-0.3, -0.25) is 14.9 Å². The molecule has 1 amide bonds. The summed E-state index contributed by atoms with van der Waals surface area (Å²) in [6.07, 6.45) is 2.28. The van der Waals surface area contributed by atoms with Crippen molar-refractivity contribution in [3.05, 3.63) is 45.8 Å². The summed E-state index contributed by atoms with van der Waals surface area (Å²) in [6.45, 7) is 3.70. The third-order valence-corrected chi connectivity index (χ3v) is 4.08. The van der Waals surface area contributed by atoms with Gasteiger partial charge in [-0.05, 0) is 38.7 Å². The third-order valence-electron chi connectivity index (χ3n) is 4.08. The number of hydrogen-bond acceptors (Lipinski definition) is 5. The van der Waals surface area contributed by atoms with E-state index in [2.05, 4.69) is 15.6 Å². The molecule has 3 rings (SSSR count). The van der Waals surface area contributed by atoms with Gasteiger partial charge in [-0.25, -0.2) is 4.68 Å². The smallest absolute Gasteiger partial charge is 0.273 e. The van der Waals surface area contributed by atoms with Crippen molar-refractivity contribution < 1.29 is 9.72 Å². The van der Waals surface area contributed by atoms with E-state index in [4.69, 9.17) is 0 Å². The Morgan fingerprint density at radius 3 is 2.87 bits per heavy atom. The predicted molar refractivity (Wildman–Crippen MR) is 82.4 cm³/mol. The summed E-state index contributed by atoms with van der Waals surface area (Å²) < 4.78 is 1.43. The van der Waals surface area contributed by atoms with Gasteiger partial charge in [0.1, 0.15) is 0 Å². The summed E-state index contributed by atoms with van der Waals surface area (Å²) in [5, 5.41) is 21.7. The summed E-state index contributed by atoms with van der Waals surface area (Å²) >= 11 is 0. The number of nitrogens with one attached hydrogen (secondary N) is 1. The van der Waals surface area contributed by atoms with E-state index in [1.165, 1.54) is 16.8 Å². The lowest BCUT2D eigenvalue weighted by molar-refractivity contribution is -0.384. The molecule has 1 aliphatic carbocycles. The lowest BCUT2D eigenvalue weighted by Gasteiger charge is -2.11. The van der Waals surface area contributed by atoms with Gasteiger partial charge in [-0.1, -0.05) is 11.3 Å². The SMILES string of the molecule is Cc1c(C(=O)NC(C)C2CC2)nnn1-c1cccc([N+](=O)[O-])c1. The number of aromatic nitrogens is 3. The molecule has 120 valence electrons. The quantitative estimate of drug-likeness (QED) is 0.671. The van der Waals surface area contributed by atoms with Gasteiger partial charge in [0.25, 0.3) is 11.6 Å². The highest BCUT2D eigenvalue weighted by Crippen LogP contribution is 2.32. The Hall–Kier alpha value is -2.77. The average Bonchev–Trinajstić information content (AvgIpc) is 3.30. The molecule has 8 nitrogen and oxygen atoms in total. The van der Waals surface area contributed by atoms with E-state index < -0.39 is 4.92 Å². The van der Waals surface area contributed by atoms with Crippen LogP contribution < -0.4 is 5.32 Å². The molecule has 1 fully saturated rings. The Labute approximate surface area is 132 Å². The molecule has 8 heteroatoms. The molecule has 1 unspecified atom stereocenters. The first-order chi connectivity index (χ1) is 11.0. The first kappa shape index (κ1) is 15.1. The van der Waals surface area contributed by atoms with Gasteiger partial charge in [0.15, 0.2) is 5.69 Å². The van der Waals surface area contributed by atoms with Gasteiger partial charge in [-0.2, -0.15) is 0 Å². The van der Waals surface area contributed by atoms with Crippen LogP contribution in [0.1, 0.15) is 35.9 Å². The number of benzene rings is 1. The average molecular weight is 315 g/mol. The van der Waals surface area contributed by atoms with Crippen LogP contribution in [0.2, 0.25) is 0 Å². The molecule has 1 aromatic carbocycles. The van der Waals surface area contributed by atoms with Crippen molar-refractivity contribution in [2.75, 3.05) is 0 Å². The molecule has 1 saturated carbocycles. The molecule has 1 heterocycles. The van der Waals surface area contributed by atoms with Crippen LogP contribution in [-0.2, 0) is 0 Å².